The van der Waals surface area contributed by atoms with E-state index in [2.05, 4.69) is 37.4 Å². The Morgan fingerprint density at radius 2 is 1.91 bits per heavy atom. The third-order valence-corrected chi connectivity index (χ3v) is 6.52. The van der Waals surface area contributed by atoms with Crippen LogP contribution in [-0.4, -0.2) is 48.3 Å². The maximum absolute atomic E-state index is 12.8. The molecule has 7 nitrogen and oxygen atoms in total. The van der Waals surface area contributed by atoms with Crippen LogP contribution in [0.1, 0.15) is 33.2 Å². The average Bonchev–Trinajstić information content (AvgIpc) is 3.31. The average molecular weight is 472 g/mol. The summed E-state index contributed by atoms with van der Waals surface area (Å²) >= 11 is 0. The second-order valence-corrected chi connectivity index (χ2v) is 8.73. The quantitative estimate of drug-likeness (QED) is 0.303. The van der Waals surface area contributed by atoms with Gasteiger partial charge < -0.3 is 23.9 Å². The highest BCUT2D eigenvalue weighted by Crippen LogP contribution is 2.38. The van der Waals surface area contributed by atoms with Crippen LogP contribution in [0, 0.1) is 13.8 Å². The van der Waals surface area contributed by atoms with Crippen molar-refractivity contribution >= 4 is 17.3 Å². The van der Waals surface area contributed by atoms with E-state index in [1.165, 1.54) is 11.1 Å². The van der Waals surface area contributed by atoms with Crippen molar-refractivity contribution in [3.63, 3.8) is 0 Å². The van der Waals surface area contributed by atoms with Gasteiger partial charge in [-0.25, -0.2) is 9.78 Å². The lowest BCUT2D eigenvalue weighted by Crippen LogP contribution is -2.38. The maximum atomic E-state index is 12.8. The van der Waals surface area contributed by atoms with Crippen molar-refractivity contribution in [2.24, 2.45) is 0 Å². The topological polar surface area (TPSA) is 74.1 Å². The van der Waals surface area contributed by atoms with E-state index < -0.39 is 12.2 Å². The molecule has 0 unspecified atom stereocenters. The summed E-state index contributed by atoms with van der Waals surface area (Å²) in [7, 11) is 1.63. The molecule has 2 aromatic carbocycles. The number of anilines is 1. The second kappa shape index (κ2) is 9.90. The van der Waals surface area contributed by atoms with E-state index in [0.717, 1.165) is 28.2 Å². The molecular formula is C28H29N3O4. The molecule has 0 spiro atoms. The Morgan fingerprint density at radius 1 is 1.09 bits per heavy atom. The van der Waals surface area contributed by atoms with Crippen molar-refractivity contribution in [2.75, 3.05) is 32.2 Å². The lowest BCUT2D eigenvalue weighted by Gasteiger charge is -2.34. The van der Waals surface area contributed by atoms with Crippen LogP contribution in [0.2, 0.25) is 0 Å². The molecule has 3 heterocycles. The molecule has 0 bridgehead atoms. The number of hydrogen-bond acceptors (Lipinski definition) is 6. The van der Waals surface area contributed by atoms with Crippen LogP contribution in [0.25, 0.3) is 16.9 Å². The fourth-order valence-electron chi connectivity index (χ4n) is 4.49. The van der Waals surface area contributed by atoms with Crippen molar-refractivity contribution < 1.29 is 19.0 Å². The van der Waals surface area contributed by atoms with Crippen LogP contribution in [-0.2, 0) is 14.2 Å². The Balaban J connectivity index is 1.50. The Hall–Kier alpha value is -3.68. The summed E-state index contributed by atoms with van der Waals surface area (Å²) in [5.41, 5.74) is 7.59. The molecule has 4 aromatic rings. The minimum Gasteiger partial charge on any atom is -0.454 e. The molecule has 180 valence electrons. The van der Waals surface area contributed by atoms with Crippen LogP contribution >= 0.6 is 0 Å². The number of carbonyl (C=O) groups is 1. The number of esters is 1. The number of carbonyl (C=O) groups excluding carboxylic acids is 1. The Morgan fingerprint density at radius 3 is 2.71 bits per heavy atom. The first kappa shape index (κ1) is 23.1. The molecule has 0 fully saturated rings. The number of aromatic nitrogens is 2. The zero-order valence-corrected chi connectivity index (χ0v) is 20.2. The number of nitrogens with one attached hydrogen (secondary N) is 1. The Kier molecular flexibility index (Phi) is 6.53. The lowest BCUT2D eigenvalue weighted by molar-refractivity contribution is -0.0625. The van der Waals surface area contributed by atoms with Crippen molar-refractivity contribution in [1.82, 2.24) is 9.38 Å². The van der Waals surface area contributed by atoms with E-state index in [1.54, 1.807) is 19.2 Å². The van der Waals surface area contributed by atoms with Crippen LogP contribution < -0.4 is 5.32 Å². The highest BCUT2D eigenvalue weighted by atomic mass is 16.6. The maximum Gasteiger partial charge on any atom is 0.338 e. The summed E-state index contributed by atoms with van der Waals surface area (Å²) in [5.74, 6) is -0.375. The van der Waals surface area contributed by atoms with Gasteiger partial charge in [-0.3, -0.25) is 0 Å². The van der Waals surface area contributed by atoms with E-state index in [4.69, 9.17) is 19.2 Å². The Bertz CT molecular complexity index is 1350. The van der Waals surface area contributed by atoms with Gasteiger partial charge in [-0.2, -0.15) is 0 Å². The number of aryl methyl sites for hydroxylation is 1. The van der Waals surface area contributed by atoms with Crippen molar-refractivity contribution in [2.45, 2.75) is 26.1 Å². The third kappa shape index (κ3) is 4.52. The molecule has 1 N–H and O–H groups in total. The number of nitrogens with zero attached hydrogens (tertiary/aromatic N) is 2. The Labute approximate surface area is 204 Å². The van der Waals surface area contributed by atoms with Gasteiger partial charge >= 0.3 is 5.97 Å². The van der Waals surface area contributed by atoms with E-state index in [-0.39, 0.29) is 5.97 Å². The van der Waals surface area contributed by atoms with Crippen LogP contribution in [0.4, 0.5) is 5.69 Å². The zero-order chi connectivity index (χ0) is 24.4. The summed E-state index contributed by atoms with van der Waals surface area (Å²) in [6.45, 7) is 5.47. The fourth-order valence-corrected chi connectivity index (χ4v) is 4.49. The SMILES string of the molecule is COCCO[C@H]1c2ccn3cc(-c4cccc(C)c4C)nc3c2NC[C@H]1OC(=O)c1ccccc1. The monoisotopic (exact) mass is 471 g/mol. The van der Waals surface area contributed by atoms with Gasteiger partial charge in [0.15, 0.2) is 5.65 Å². The molecule has 1 aliphatic heterocycles. The molecule has 35 heavy (non-hydrogen) atoms. The first-order valence-electron chi connectivity index (χ1n) is 11.8. The first-order chi connectivity index (χ1) is 17.1. The van der Waals surface area contributed by atoms with E-state index in [0.29, 0.717) is 25.3 Å². The van der Waals surface area contributed by atoms with Gasteiger partial charge in [-0.05, 0) is 43.2 Å². The highest BCUT2D eigenvalue weighted by molar-refractivity contribution is 5.89. The number of ether oxygens (including phenoxy) is 3. The summed E-state index contributed by atoms with van der Waals surface area (Å²) in [5, 5.41) is 3.45. The van der Waals surface area contributed by atoms with Gasteiger partial charge in [0.25, 0.3) is 0 Å². The van der Waals surface area contributed by atoms with Gasteiger partial charge in [0.2, 0.25) is 0 Å². The van der Waals surface area contributed by atoms with Gasteiger partial charge in [0.1, 0.15) is 12.2 Å². The molecule has 5 rings (SSSR count). The van der Waals surface area contributed by atoms with Crippen LogP contribution in [0.5, 0.6) is 0 Å². The molecule has 7 heteroatoms. The van der Waals surface area contributed by atoms with Crippen molar-refractivity contribution in [3.05, 3.63) is 89.2 Å². The number of fused-ring (bicyclic) bond motifs is 3. The number of rotatable bonds is 7. The minimum absolute atomic E-state index is 0.375. The minimum atomic E-state index is -0.497. The summed E-state index contributed by atoms with van der Waals surface area (Å²) in [4.78, 5) is 17.8. The lowest BCUT2D eigenvalue weighted by atomic mass is 9.99. The molecule has 2 atom stereocenters. The second-order valence-electron chi connectivity index (χ2n) is 8.73. The predicted octanol–water partition coefficient (Wildman–Crippen LogP) is 4.97. The first-order valence-corrected chi connectivity index (χ1v) is 11.8. The number of imidazole rings is 1. The molecule has 0 amide bonds. The number of methoxy groups -OCH3 is 1. The number of pyridine rings is 1. The van der Waals surface area contributed by atoms with E-state index in [1.807, 2.05) is 41.1 Å². The molecule has 1 aliphatic rings. The number of benzene rings is 2. The molecule has 0 aliphatic carbocycles. The fraction of sp³-hybridized carbons (Fsp3) is 0.286. The van der Waals surface area contributed by atoms with Crippen molar-refractivity contribution in [3.8, 4) is 11.3 Å². The van der Waals surface area contributed by atoms with Crippen LogP contribution in [0.3, 0.4) is 0 Å². The van der Waals surface area contributed by atoms with Crippen LogP contribution in [0.15, 0.2) is 67.0 Å². The molecule has 0 saturated heterocycles. The van der Waals surface area contributed by atoms with Gasteiger partial charge in [0, 0.05) is 30.6 Å². The van der Waals surface area contributed by atoms with Crippen molar-refractivity contribution in [1.29, 1.82) is 0 Å². The van der Waals surface area contributed by atoms with E-state index in [9.17, 15) is 4.79 Å². The third-order valence-electron chi connectivity index (χ3n) is 6.52. The molecule has 0 radical (unpaired) electrons. The van der Waals surface area contributed by atoms with Gasteiger partial charge in [-0.1, -0.05) is 36.4 Å². The summed E-state index contributed by atoms with van der Waals surface area (Å²) in [6, 6.07) is 17.3. The summed E-state index contributed by atoms with van der Waals surface area (Å²) < 4.78 is 19.3. The zero-order valence-electron chi connectivity index (χ0n) is 20.2. The predicted molar refractivity (Wildman–Crippen MR) is 135 cm³/mol. The normalized spacial score (nSPS) is 17.1. The summed E-state index contributed by atoms with van der Waals surface area (Å²) in [6.07, 6.45) is 3.08. The standard InChI is InChI=1S/C28H29N3O4/c1-18-8-7-11-21(19(18)2)23-17-31-13-12-22-25(27(31)30-23)29-16-24(26(22)34-15-14-33-3)35-28(32)20-9-5-4-6-10-20/h4-13,17,24,26,29H,14-16H2,1-3H3/t24-,26+/m1/s1. The number of hydrogen-bond donors (Lipinski definition) is 1. The molecular weight excluding hydrogens is 442 g/mol. The van der Waals surface area contributed by atoms with E-state index >= 15 is 0 Å². The highest BCUT2D eigenvalue weighted by Gasteiger charge is 2.35. The smallest absolute Gasteiger partial charge is 0.338 e. The molecule has 0 saturated carbocycles. The van der Waals surface area contributed by atoms with Gasteiger partial charge in [-0.15, -0.1) is 0 Å². The van der Waals surface area contributed by atoms with Gasteiger partial charge in [0.05, 0.1) is 36.7 Å². The molecule has 2 aromatic heterocycles. The largest absolute Gasteiger partial charge is 0.454 e.